The molecule has 0 bridgehead atoms. The number of nitrogens with one attached hydrogen (secondary N) is 2. The van der Waals surface area contributed by atoms with Crippen molar-refractivity contribution in [3.63, 3.8) is 0 Å². The van der Waals surface area contributed by atoms with E-state index >= 15 is 0 Å². The second-order valence-electron chi connectivity index (χ2n) is 6.38. The summed E-state index contributed by atoms with van der Waals surface area (Å²) in [5.74, 6) is 0.500. The summed E-state index contributed by atoms with van der Waals surface area (Å²) in [6.45, 7) is 3.96. The highest BCUT2D eigenvalue weighted by Gasteiger charge is 2.12. The van der Waals surface area contributed by atoms with Crippen molar-refractivity contribution in [2.75, 3.05) is 10.6 Å². The molecule has 0 saturated carbocycles. The summed E-state index contributed by atoms with van der Waals surface area (Å²) in [5, 5.41) is 6.25. The first-order valence-electron chi connectivity index (χ1n) is 8.95. The number of oxazole rings is 1. The maximum atomic E-state index is 12.8. The number of benzene rings is 2. The summed E-state index contributed by atoms with van der Waals surface area (Å²) in [7, 11) is 0. The van der Waals surface area contributed by atoms with E-state index in [2.05, 4.69) is 25.6 Å². The first-order chi connectivity index (χ1) is 13.6. The Morgan fingerprint density at radius 2 is 1.96 bits per heavy atom. The van der Waals surface area contributed by atoms with E-state index in [1.165, 1.54) is 12.7 Å². The fraction of sp³-hybridized carbons (Fsp3) is 0.143. The third kappa shape index (κ3) is 3.68. The molecule has 0 atom stereocenters. The minimum Gasteiger partial charge on any atom is -0.443 e. The molecular formula is C21H19N5O2. The van der Waals surface area contributed by atoms with Crippen LogP contribution in [0.4, 0.5) is 17.2 Å². The van der Waals surface area contributed by atoms with E-state index in [9.17, 15) is 4.79 Å². The fourth-order valence-electron chi connectivity index (χ4n) is 2.94. The van der Waals surface area contributed by atoms with Gasteiger partial charge >= 0.3 is 0 Å². The van der Waals surface area contributed by atoms with E-state index in [0.717, 1.165) is 29.1 Å². The molecule has 28 heavy (non-hydrogen) atoms. The number of nitrogens with zero attached hydrogens (tertiary/aromatic N) is 3. The molecule has 0 aliphatic rings. The highest BCUT2D eigenvalue weighted by Crippen LogP contribution is 2.25. The van der Waals surface area contributed by atoms with Gasteiger partial charge in [-0.1, -0.05) is 13.0 Å². The van der Waals surface area contributed by atoms with Crippen molar-refractivity contribution in [1.82, 2.24) is 15.0 Å². The molecular weight excluding hydrogens is 354 g/mol. The number of aryl methyl sites for hydroxylation is 2. The van der Waals surface area contributed by atoms with Gasteiger partial charge in [0.1, 0.15) is 17.7 Å². The standard InChI is InChI=1S/C21H19N5O2/c1-3-14-4-6-16(25-20-8-13(2)22-11-23-20)10-17(14)26-21(27)15-5-7-19-18(9-15)24-12-28-19/h4-12H,3H2,1-2H3,(H,26,27)(H,22,23,25). The van der Waals surface area contributed by atoms with Crippen molar-refractivity contribution >= 4 is 34.2 Å². The Morgan fingerprint density at radius 3 is 2.79 bits per heavy atom. The minimum absolute atomic E-state index is 0.199. The van der Waals surface area contributed by atoms with Gasteiger partial charge in [0.25, 0.3) is 5.91 Å². The van der Waals surface area contributed by atoms with Gasteiger partial charge in [0.15, 0.2) is 12.0 Å². The lowest BCUT2D eigenvalue weighted by Crippen LogP contribution is -2.13. The highest BCUT2D eigenvalue weighted by molar-refractivity contribution is 6.06. The number of hydrogen-bond donors (Lipinski definition) is 2. The first-order valence-corrected chi connectivity index (χ1v) is 8.95. The van der Waals surface area contributed by atoms with Crippen molar-refractivity contribution in [2.24, 2.45) is 0 Å². The molecule has 0 fully saturated rings. The molecule has 2 aromatic carbocycles. The lowest BCUT2D eigenvalue weighted by molar-refractivity contribution is 0.102. The van der Waals surface area contributed by atoms with Gasteiger partial charge < -0.3 is 15.1 Å². The molecule has 0 spiro atoms. The molecule has 2 heterocycles. The summed E-state index contributed by atoms with van der Waals surface area (Å²) in [5.41, 5.74) is 5.32. The van der Waals surface area contributed by atoms with Crippen LogP contribution in [0, 0.1) is 6.92 Å². The summed E-state index contributed by atoms with van der Waals surface area (Å²) >= 11 is 0. The van der Waals surface area contributed by atoms with E-state index in [0.29, 0.717) is 22.5 Å². The summed E-state index contributed by atoms with van der Waals surface area (Å²) in [4.78, 5) is 25.2. The van der Waals surface area contributed by atoms with Gasteiger partial charge in [-0.05, 0) is 49.2 Å². The van der Waals surface area contributed by atoms with Crippen molar-refractivity contribution in [1.29, 1.82) is 0 Å². The largest absolute Gasteiger partial charge is 0.443 e. The Kier molecular flexibility index (Phi) is 4.72. The van der Waals surface area contributed by atoms with Crippen molar-refractivity contribution in [3.05, 3.63) is 72.0 Å². The lowest BCUT2D eigenvalue weighted by Gasteiger charge is -2.13. The number of aromatic nitrogens is 3. The molecule has 0 saturated heterocycles. The number of amides is 1. The molecule has 7 nitrogen and oxygen atoms in total. The van der Waals surface area contributed by atoms with Crippen LogP contribution in [0.1, 0.15) is 28.5 Å². The van der Waals surface area contributed by atoms with E-state index in [4.69, 9.17) is 4.42 Å². The average Bonchev–Trinajstić information content (AvgIpc) is 3.16. The summed E-state index contributed by atoms with van der Waals surface area (Å²) in [6, 6.07) is 12.9. The van der Waals surface area contributed by atoms with Crippen molar-refractivity contribution in [2.45, 2.75) is 20.3 Å². The zero-order chi connectivity index (χ0) is 19.5. The highest BCUT2D eigenvalue weighted by atomic mass is 16.3. The van der Waals surface area contributed by atoms with Gasteiger partial charge in [-0.3, -0.25) is 4.79 Å². The molecule has 0 unspecified atom stereocenters. The molecule has 1 amide bonds. The Morgan fingerprint density at radius 1 is 1.07 bits per heavy atom. The second kappa shape index (κ2) is 7.48. The van der Waals surface area contributed by atoms with Crippen LogP contribution < -0.4 is 10.6 Å². The molecule has 0 radical (unpaired) electrons. The quantitative estimate of drug-likeness (QED) is 0.536. The van der Waals surface area contributed by atoms with Crippen molar-refractivity contribution < 1.29 is 9.21 Å². The molecule has 4 rings (SSSR count). The second-order valence-corrected chi connectivity index (χ2v) is 6.38. The minimum atomic E-state index is -0.199. The predicted octanol–water partition coefficient (Wildman–Crippen LogP) is 4.48. The normalized spacial score (nSPS) is 10.8. The van der Waals surface area contributed by atoms with Crippen molar-refractivity contribution in [3.8, 4) is 0 Å². The Bertz CT molecular complexity index is 1150. The van der Waals surface area contributed by atoms with Crippen LogP contribution in [0.15, 0.2) is 59.6 Å². The van der Waals surface area contributed by atoms with E-state index < -0.39 is 0 Å². The Labute approximate surface area is 161 Å². The lowest BCUT2D eigenvalue weighted by atomic mass is 10.1. The number of rotatable bonds is 5. The van der Waals surface area contributed by atoms with Crippen LogP contribution in [0.25, 0.3) is 11.1 Å². The molecule has 4 aromatic rings. The predicted molar refractivity (Wildman–Crippen MR) is 108 cm³/mol. The van der Waals surface area contributed by atoms with Gasteiger partial charge in [0.2, 0.25) is 0 Å². The molecule has 0 aliphatic heterocycles. The van der Waals surface area contributed by atoms with Gasteiger partial charge in [-0.25, -0.2) is 15.0 Å². The van der Waals surface area contributed by atoms with Gasteiger partial charge in [-0.2, -0.15) is 0 Å². The summed E-state index contributed by atoms with van der Waals surface area (Å²) in [6.07, 6.45) is 3.68. The average molecular weight is 373 g/mol. The maximum absolute atomic E-state index is 12.8. The number of carbonyl (C=O) groups is 1. The SMILES string of the molecule is CCc1ccc(Nc2cc(C)ncn2)cc1NC(=O)c1ccc2ocnc2c1. The number of fused-ring (bicyclic) bond motifs is 1. The Hall–Kier alpha value is -3.74. The smallest absolute Gasteiger partial charge is 0.255 e. The monoisotopic (exact) mass is 373 g/mol. The number of carbonyl (C=O) groups excluding carboxylic acids is 1. The molecule has 2 N–H and O–H groups in total. The van der Waals surface area contributed by atoms with E-state index in [1.807, 2.05) is 38.1 Å². The van der Waals surface area contributed by atoms with Crippen LogP contribution in [0.5, 0.6) is 0 Å². The van der Waals surface area contributed by atoms with Gasteiger partial charge in [-0.15, -0.1) is 0 Å². The fourth-order valence-corrected chi connectivity index (χ4v) is 2.94. The Balaban J connectivity index is 1.59. The van der Waals surface area contributed by atoms with Crippen LogP contribution in [0.3, 0.4) is 0 Å². The van der Waals surface area contributed by atoms with Crippen LogP contribution in [-0.4, -0.2) is 20.9 Å². The maximum Gasteiger partial charge on any atom is 0.255 e. The van der Waals surface area contributed by atoms with Gasteiger partial charge in [0, 0.05) is 28.7 Å². The first kappa shape index (κ1) is 17.7. The molecule has 0 aliphatic carbocycles. The zero-order valence-corrected chi connectivity index (χ0v) is 15.6. The van der Waals surface area contributed by atoms with Gasteiger partial charge in [0.05, 0.1) is 0 Å². The van der Waals surface area contributed by atoms with Crippen LogP contribution in [0.2, 0.25) is 0 Å². The number of hydrogen-bond acceptors (Lipinski definition) is 6. The third-order valence-electron chi connectivity index (χ3n) is 4.41. The van der Waals surface area contributed by atoms with Crippen LogP contribution in [-0.2, 0) is 6.42 Å². The van der Waals surface area contributed by atoms with E-state index in [-0.39, 0.29) is 5.91 Å². The summed E-state index contributed by atoms with van der Waals surface area (Å²) < 4.78 is 5.23. The molecule has 140 valence electrons. The van der Waals surface area contributed by atoms with E-state index in [1.54, 1.807) is 18.2 Å². The molecule has 2 aromatic heterocycles. The topological polar surface area (TPSA) is 92.9 Å². The zero-order valence-electron chi connectivity index (χ0n) is 15.6. The van der Waals surface area contributed by atoms with Crippen LogP contribution >= 0.6 is 0 Å². The molecule has 7 heteroatoms. The number of anilines is 3. The third-order valence-corrected chi connectivity index (χ3v) is 4.41.